The summed E-state index contributed by atoms with van der Waals surface area (Å²) >= 11 is 0. The number of fused-ring (bicyclic) bond motifs is 2. The van der Waals surface area contributed by atoms with E-state index < -0.39 is 0 Å². The van der Waals surface area contributed by atoms with E-state index in [4.69, 9.17) is 23.6 Å². The van der Waals surface area contributed by atoms with E-state index in [2.05, 4.69) is 5.10 Å². The van der Waals surface area contributed by atoms with Gasteiger partial charge in [-0.15, -0.1) is 0 Å². The van der Waals surface area contributed by atoms with Gasteiger partial charge >= 0.3 is 0 Å². The summed E-state index contributed by atoms with van der Waals surface area (Å²) in [5, 5.41) is 5.72. The summed E-state index contributed by atoms with van der Waals surface area (Å²) in [6, 6.07) is 25.8. The average Bonchev–Trinajstić information content (AvgIpc) is 3.46. The van der Waals surface area contributed by atoms with Gasteiger partial charge in [-0.3, -0.25) is 4.79 Å². The largest absolute Gasteiger partial charge is 0.496 e. The monoisotopic (exact) mass is 563 g/mol. The van der Waals surface area contributed by atoms with E-state index >= 15 is 0 Å². The van der Waals surface area contributed by atoms with Crippen molar-refractivity contribution in [1.29, 1.82) is 0 Å². The van der Waals surface area contributed by atoms with Crippen LogP contribution in [-0.4, -0.2) is 29.6 Å². The molecule has 6 rings (SSSR count). The van der Waals surface area contributed by atoms with E-state index in [0.29, 0.717) is 51.7 Å². The van der Waals surface area contributed by atoms with Crippen molar-refractivity contribution < 1.29 is 23.0 Å². The molecule has 2 aromatic heterocycles. The second kappa shape index (κ2) is 11.6. The van der Waals surface area contributed by atoms with Crippen LogP contribution in [0.1, 0.15) is 18.1 Å². The maximum Gasteiger partial charge on any atom is 0.282 e. The quantitative estimate of drug-likeness (QED) is 0.180. The summed E-state index contributed by atoms with van der Waals surface area (Å²) in [4.78, 5) is 18.4. The van der Waals surface area contributed by atoms with E-state index in [1.165, 1.54) is 16.8 Å². The standard InChI is InChI=1S/C33H26FN3O5/c1-3-40-30-17-22(13-16-29(30)41-20-21-11-14-23(34)15-12-21)19-35-37-32(36-26-8-5-4-7-24(26)33(37)38)31-18-25-27(39-2)9-6-10-28(25)42-31/h4-19H,3,20H2,1-2H3. The highest BCUT2D eigenvalue weighted by molar-refractivity contribution is 5.88. The number of halogens is 1. The van der Waals surface area contributed by atoms with Crippen LogP contribution in [0.5, 0.6) is 17.2 Å². The first-order valence-corrected chi connectivity index (χ1v) is 13.3. The zero-order valence-corrected chi connectivity index (χ0v) is 22.9. The Morgan fingerprint density at radius 3 is 2.55 bits per heavy atom. The van der Waals surface area contributed by atoms with Crippen LogP contribution in [0.15, 0.2) is 105 Å². The number of hydrogen-bond donors (Lipinski definition) is 0. The molecule has 0 fully saturated rings. The van der Waals surface area contributed by atoms with Gasteiger partial charge in [0.1, 0.15) is 23.8 Å². The number of hydrogen-bond acceptors (Lipinski definition) is 7. The molecule has 42 heavy (non-hydrogen) atoms. The van der Waals surface area contributed by atoms with Gasteiger partial charge in [0.15, 0.2) is 17.3 Å². The molecule has 0 aliphatic heterocycles. The Balaban J connectivity index is 1.38. The van der Waals surface area contributed by atoms with Gasteiger partial charge in [0.25, 0.3) is 5.56 Å². The number of nitrogens with zero attached hydrogens (tertiary/aromatic N) is 3. The number of rotatable bonds is 9. The second-order valence-electron chi connectivity index (χ2n) is 9.35. The maximum atomic E-state index is 13.6. The zero-order chi connectivity index (χ0) is 29.1. The lowest BCUT2D eigenvalue weighted by Crippen LogP contribution is -2.20. The summed E-state index contributed by atoms with van der Waals surface area (Å²) in [6.45, 7) is 2.54. The Bertz CT molecular complexity index is 1980. The lowest BCUT2D eigenvalue weighted by molar-refractivity contribution is 0.269. The smallest absolute Gasteiger partial charge is 0.282 e. The van der Waals surface area contributed by atoms with Gasteiger partial charge in [0, 0.05) is 0 Å². The average molecular weight is 564 g/mol. The third-order valence-electron chi connectivity index (χ3n) is 6.61. The number of furan rings is 1. The molecule has 4 aromatic carbocycles. The van der Waals surface area contributed by atoms with Crippen molar-refractivity contribution in [3.05, 3.63) is 118 Å². The molecule has 0 aliphatic rings. The van der Waals surface area contributed by atoms with Crippen molar-refractivity contribution in [3.8, 4) is 28.8 Å². The van der Waals surface area contributed by atoms with Gasteiger partial charge in [-0.1, -0.05) is 30.3 Å². The van der Waals surface area contributed by atoms with Crippen molar-refractivity contribution in [1.82, 2.24) is 9.66 Å². The minimum atomic E-state index is -0.344. The molecule has 0 saturated carbocycles. The molecule has 0 aliphatic carbocycles. The zero-order valence-electron chi connectivity index (χ0n) is 22.9. The van der Waals surface area contributed by atoms with Crippen LogP contribution in [0.2, 0.25) is 0 Å². The lowest BCUT2D eigenvalue weighted by Gasteiger charge is -2.13. The number of benzene rings is 4. The molecular formula is C33H26FN3O5. The predicted octanol–water partition coefficient (Wildman–Crippen LogP) is 6.82. The normalized spacial score (nSPS) is 11.4. The molecule has 0 spiro atoms. The SMILES string of the molecule is CCOc1cc(C=Nn2c(-c3cc4c(OC)cccc4o3)nc3ccccc3c2=O)ccc1OCc1ccc(F)cc1. The minimum Gasteiger partial charge on any atom is -0.496 e. The Morgan fingerprint density at radius 2 is 1.74 bits per heavy atom. The highest BCUT2D eigenvalue weighted by Gasteiger charge is 2.18. The molecule has 9 heteroatoms. The molecule has 0 unspecified atom stereocenters. The van der Waals surface area contributed by atoms with Crippen LogP contribution in [0, 0.1) is 5.82 Å². The van der Waals surface area contributed by atoms with Crippen LogP contribution in [0.4, 0.5) is 4.39 Å². The predicted molar refractivity (Wildman–Crippen MR) is 159 cm³/mol. The van der Waals surface area contributed by atoms with Crippen molar-refractivity contribution in [2.45, 2.75) is 13.5 Å². The lowest BCUT2D eigenvalue weighted by atomic mass is 10.2. The number of ether oxygens (including phenoxy) is 3. The summed E-state index contributed by atoms with van der Waals surface area (Å²) in [5.74, 6) is 2.00. The fourth-order valence-electron chi connectivity index (χ4n) is 4.57. The maximum absolute atomic E-state index is 13.6. The molecule has 8 nitrogen and oxygen atoms in total. The second-order valence-corrected chi connectivity index (χ2v) is 9.35. The highest BCUT2D eigenvalue weighted by Crippen LogP contribution is 2.33. The molecule has 0 atom stereocenters. The molecule has 210 valence electrons. The fourth-order valence-corrected chi connectivity index (χ4v) is 4.57. The van der Waals surface area contributed by atoms with Gasteiger partial charge in [-0.25, -0.2) is 9.37 Å². The van der Waals surface area contributed by atoms with E-state index in [1.54, 1.807) is 67.9 Å². The number of methoxy groups -OCH3 is 1. The summed E-state index contributed by atoms with van der Waals surface area (Å²) in [6.07, 6.45) is 1.55. The Hall–Kier alpha value is -5.44. The van der Waals surface area contributed by atoms with Crippen molar-refractivity contribution >= 4 is 28.1 Å². The first-order chi connectivity index (χ1) is 20.5. The number of aromatic nitrogens is 2. The fraction of sp³-hybridized carbons (Fsp3) is 0.121. The Kier molecular flexibility index (Phi) is 7.38. The molecule has 0 radical (unpaired) electrons. The van der Waals surface area contributed by atoms with Gasteiger partial charge in [-0.05, 0) is 78.7 Å². The van der Waals surface area contributed by atoms with E-state index in [9.17, 15) is 9.18 Å². The van der Waals surface area contributed by atoms with Gasteiger partial charge < -0.3 is 18.6 Å². The summed E-state index contributed by atoms with van der Waals surface area (Å²) in [5.41, 5.74) is 2.27. The molecule has 0 bridgehead atoms. The van der Waals surface area contributed by atoms with E-state index in [0.717, 1.165) is 10.9 Å². The van der Waals surface area contributed by atoms with Crippen LogP contribution >= 0.6 is 0 Å². The molecular weight excluding hydrogens is 537 g/mol. The molecule has 0 amide bonds. The van der Waals surface area contributed by atoms with Crippen LogP contribution < -0.4 is 19.8 Å². The Labute approximate surface area is 240 Å². The molecule has 0 saturated heterocycles. The third-order valence-corrected chi connectivity index (χ3v) is 6.61. The van der Waals surface area contributed by atoms with Crippen LogP contribution in [-0.2, 0) is 6.61 Å². The first kappa shape index (κ1) is 26.8. The van der Waals surface area contributed by atoms with Gasteiger partial charge in [0.05, 0.1) is 36.2 Å². The van der Waals surface area contributed by atoms with Crippen LogP contribution in [0.3, 0.4) is 0 Å². The van der Waals surface area contributed by atoms with Crippen molar-refractivity contribution in [3.63, 3.8) is 0 Å². The van der Waals surface area contributed by atoms with Gasteiger partial charge in [-0.2, -0.15) is 9.78 Å². The summed E-state index contributed by atoms with van der Waals surface area (Å²) < 4.78 is 37.8. The molecule has 2 heterocycles. The van der Waals surface area contributed by atoms with Crippen molar-refractivity contribution in [2.75, 3.05) is 13.7 Å². The first-order valence-electron chi connectivity index (χ1n) is 13.3. The summed E-state index contributed by atoms with van der Waals surface area (Å²) in [7, 11) is 1.59. The minimum absolute atomic E-state index is 0.248. The Morgan fingerprint density at radius 1 is 0.905 bits per heavy atom. The van der Waals surface area contributed by atoms with Gasteiger partial charge in [0.2, 0.25) is 5.82 Å². The van der Waals surface area contributed by atoms with Crippen molar-refractivity contribution in [2.24, 2.45) is 5.10 Å². The molecule has 6 aromatic rings. The van der Waals surface area contributed by atoms with Crippen LogP contribution in [0.25, 0.3) is 33.5 Å². The van der Waals surface area contributed by atoms with E-state index in [1.807, 2.05) is 31.2 Å². The highest BCUT2D eigenvalue weighted by atomic mass is 19.1. The molecule has 0 N–H and O–H groups in total. The topological polar surface area (TPSA) is 88.1 Å². The number of para-hydroxylation sites is 1. The van der Waals surface area contributed by atoms with E-state index in [-0.39, 0.29) is 23.8 Å². The third kappa shape index (κ3) is 5.32.